The van der Waals surface area contributed by atoms with Crippen LogP contribution in [0.15, 0.2) is 18.2 Å². The molecule has 0 spiro atoms. The van der Waals surface area contributed by atoms with E-state index in [1.807, 2.05) is 18.9 Å². The molecule has 0 heterocycles. The highest BCUT2D eigenvalue weighted by molar-refractivity contribution is 5.23. The van der Waals surface area contributed by atoms with E-state index in [9.17, 15) is 8.78 Å². The number of ether oxygens (including phenoxy) is 1. The Labute approximate surface area is 119 Å². The van der Waals surface area contributed by atoms with Crippen LogP contribution in [0.5, 0.6) is 0 Å². The molecule has 0 aliphatic heterocycles. The summed E-state index contributed by atoms with van der Waals surface area (Å²) in [6.07, 6.45) is 0.940. The van der Waals surface area contributed by atoms with Crippen LogP contribution in [0.4, 0.5) is 8.78 Å². The van der Waals surface area contributed by atoms with E-state index in [4.69, 9.17) is 4.74 Å². The summed E-state index contributed by atoms with van der Waals surface area (Å²) >= 11 is 0. The van der Waals surface area contributed by atoms with E-state index in [2.05, 4.69) is 5.32 Å². The number of methoxy groups -OCH3 is 1. The van der Waals surface area contributed by atoms with Crippen molar-refractivity contribution >= 4 is 0 Å². The molecule has 0 aromatic heterocycles. The lowest BCUT2D eigenvalue weighted by Gasteiger charge is -2.25. The van der Waals surface area contributed by atoms with Crippen LogP contribution in [-0.2, 0) is 4.74 Å². The van der Waals surface area contributed by atoms with Crippen LogP contribution < -0.4 is 5.32 Å². The third-order valence-electron chi connectivity index (χ3n) is 3.17. The Balaban J connectivity index is 2.80. The number of benzene rings is 1. The molecule has 1 atom stereocenters. The second kappa shape index (κ2) is 9.00. The van der Waals surface area contributed by atoms with Gasteiger partial charge in [-0.05, 0) is 26.1 Å². The minimum Gasteiger partial charge on any atom is -0.383 e. The Morgan fingerprint density at radius 3 is 2.75 bits per heavy atom. The molecule has 0 bridgehead atoms. The zero-order chi connectivity index (χ0) is 15.0. The topological polar surface area (TPSA) is 24.5 Å². The molecular weight excluding hydrogens is 262 g/mol. The van der Waals surface area contributed by atoms with Gasteiger partial charge < -0.3 is 15.0 Å². The van der Waals surface area contributed by atoms with E-state index in [1.54, 1.807) is 19.2 Å². The quantitative estimate of drug-likeness (QED) is 0.755. The van der Waals surface area contributed by atoms with Crippen LogP contribution in [0.3, 0.4) is 0 Å². The molecule has 1 N–H and O–H groups in total. The normalized spacial score (nSPS) is 12.9. The van der Waals surface area contributed by atoms with Crippen LogP contribution in [0.1, 0.15) is 24.9 Å². The predicted octanol–water partition coefficient (Wildman–Crippen LogP) is 2.58. The Kier molecular flexibility index (Phi) is 7.65. The molecule has 0 aliphatic rings. The highest BCUT2D eigenvalue weighted by Crippen LogP contribution is 2.20. The summed E-state index contributed by atoms with van der Waals surface area (Å²) in [6.45, 7) is 4.77. The van der Waals surface area contributed by atoms with Gasteiger partial charge in [0.25, 0.3) is 0 Å². The summed E-state index contributed by atoms with van der Waals surface area (Å²) in [5.41, 5.74) is 0.378. The number of hydrogen-bond donors (Lipinski definition) is 1. The van der Waals surface area contributed by atoms with E-state index >= 15 is 0 Å². The SMILES string of the molecule is CCCNC(CN(C)CCOC)c1cccc(F)c1F. The number of nitrogens with one attached hydrogen (secondary N) is 1. The molecule has 1 unspecified atom stereocenters. The van der Waals surface area contributed by atoms with Gasteiger partial charge in [0.05, 0.1) is 6.61 Å². The number of halogens is 2. The summed E-state index contributed by atoms with van der Waals surface area (Å²) in [5, 5.41) is 3.27. The largest absolute Gasteiger partial charge is 0.383 e. The van der Waals surface area contributed by atoms with Gasteiger partial charge >= 0.3 is 0 Å². The molecule has 1 rings (SSSR count). The van der Waals surface area contributed by atoms with Crippen LogP contribution >= 0.6 is 0 Å². The van der Waals surface area contributed by atoms with Gasteiger partial charge in [0.15, 0.2) is 11.6 Å². The van der Waals surface area contributed by atoms with Gasteiger partial charge in [-0.15, -0.1) is 0 Å². The summed E-state index contributed by atoms with van der Waals surface area (Å²) in [6, 6.07) is 4.09. The van der Waals surface area contributed by atoms with Crippen molar-refractivity contribution < 1.29 is 13.5 Å². The van der Waals surface area contributed by atoms with Crippen molar-refractivity contribution in [2.75, 3.05) is 40.4 Å². The predicted molar refractivity (Wildman–Crippen MR) is 76.8 cm³/mol. The van der Waals surface area contributed by atoms with Crippen LogP contribution in [0.25, 0.3) is 0 Å². The molecule has 0 saturated heterocycles. The molecule has 20 heavy (non-hydrogen) atoms. The lowest BCUT2D eigenvalue weighted by Crippen LogP contribution is -2.35. The van der Waals surface area contributed by atoms with Gasteiger partial charge in [-0.1, -0.05) is 19.1 Å². The van der Waals surface area contributed by atoms with Gasteiger partial charge in [0.1, 0.15) is 0 Å². The standard InChI is InChI=1S/C15H24F2N2O/c1-4-8-18-14(11-19(2)9-10-20-3)12-6-5-7-13(16)15(12)17/h5-7,14,18H,4,8-11H2,1-3H3. The maximum absolute atomic E-state index is 13.9. The fourth-order valence-electron chi connectivity index (χ4n) is 2.03. The highest BCUT2D eigenvalue weighted by Gasteiger charge is 2.19. The Morgan fingerprint density at radius 1 is 1.35 bits per heavy atom. The van der Waals surface area contributed by atoms with Crippen molar-refractivity contribution in [1.82, 2.24) is 10.2 Å². The molecule has 114 valence electrons. The second-order valence-corrected chi connectivity index (χ2v) is 4.90. The van der Waals surface area contributed by atoms with Crippen LogP contribution in [0, 0.1) is 11.6 Å². The average Bonchev–Trinajstić information content (AvgIpc) is 2.44. The maximum atomic E-state index is 13.9. The first-order valence-electron chi connectivity index (χ1n) is 6.94. The zero-order valence-corrected chi connectivity index (χ0v) is 12.5. The lowest BCUT2D eigenvalue weighted by atomic mass is 10.1. The molecule has 0 radical (unpaired) electrons. The van der Waals surface area contributed by atoms with Gasteiger partial charge in [-0.3, -0.25) is 0 Å². The fourth-order valence-corrected chi connectivity index (χ4v) is 2.03. The number of rotatable bonds is 9. The molecule has 3 nitrogen and oxygen atoms in total. The van der Waals surface area contributed by atoms with Crippen molar-refractivity contribution in [1.29, 1.82) is 0 Å². The van der Waals surface area contributed by atoms with Gasteiger partial charge in [-0.25, -0.2) is 8.78 Å². The molecule has 1 aromatic rings. The molecule has 0 saturated carbocycles. The van der Waals surface area contributed by atoms with E-state index in [1.165, 1.54) is 0 Å². The van der Waals surface area contributed by atoms with Crippen molar-refractivity contribution in [3.8, 4) is 0 Å². The third-order valence-corrected chi connectivity index (χ3v) is 3.17. The van der Waals surface area contributed by atoms with Crippen LogP contribution in [-0.4, -0.2) is 45.3 Å². The number of nitrogens with zero attached hydrogens (tertiary/aromatic N) is 1. The minimum atomic E-state index is -0.801. The minimum absolute atomic E-state index is 0.229. The maximum Gasteiger partial charge on any atom is 0.163 e. The van der Waals surface area contributed by atoms with Gasteiger partial charge in [0.2, 0.25) is 0 Å². The average molecular weight is 286 g/mol. The van der Waals surface area contributed by atoms with Crippen LogP contribution in [0.2, 0.25) is 0 Å². The smallest absolute Gasteiger partial charge is 0.163 e. The van der Waals surface area contributed by atoms with Crippen molar-refractivity contribution in [2.24, 2.45) is 0 Å². The summed E-state index contributed by atoms with van der Waals surface area (Å²) < 4.78 is 32.3. The monoisotopic (exact) mass is 286 g/mol. The molecular formula is C15H24F2N2O. The molecule has 1 aromatic carbocycles. The van der Waals surface area contributed by atoms with E-state index in [-0.39, 0.29) is 6.04 Å². The van der Waals surface area contributed by atoms with Crippen molar-refractivity contribution in [2.45, 2.75) is 19.4 Å². The Bertz CT molecular complexity index is 401. The zero-order valence-electron chi connectivity index (χ0n) is 12.5. The van der Waals surface area contributed by atoms with Gasteiger partial charge in [-0.2, -0.15) is 0 Å². The molecule has 0 fully saturated rings. The van der Waals surface area contributed by atoms with E-state index in [0.717, 1.165) is 25.6 Å². The first-order chi connectivity index (χ1) is 9.60. The highest BCUT2D eigenvalue weighted by atomic mass is 19.2. The molecule has 5 heteroatoms. The summed E-state index contributed by atoms with van der Waals surface area (Å²) in [5.74, 6) is -1.56. The number of hydrogen-bond acceptors (Lipinski definition) is 3. The lowest BCUT2D eigenvalue weighted by molar-refractivity contribution is 0.155. The molecule has 0 amide bonds. The Morgan fingerprint density at radius 2 is 2.10 bits per heavy atom. The first kappa shape index (κ1) is 17.0. The summed E-state index contributed by atoms with van der Waals surface area (Å²) in [4.78, 5) is 2.04. The second-order valence-electron chi connectivity index (χ2n) is 4.90. The third kappa shape index (κ3) is 5.15. The molecule has 0 aliphatic carbocycles. The first-order valence-corrected chi connectivity index (χ1v) is 6.94. The van der Waals surface area contributed by atoms with Gasteiger partial charge in [0, 0.05) is 31.8 Å². The van der Waals surface area contributed by atoms with E-state index < -0.39 is 11.6 Å². The van der Waals surface area contributed by atoms with E-state index in [0.29, 0.717) is 18.7 Å². The number of likely N-dealkylation sites (N-methyl/N-ethyl adjacent to an activating group) is 1. The Hall–Kier alpha value is -1.04. The summed E-state index contributed by atoms with van der Waals surface area (Å²) in [7, 11) is 3.59. The fraction of sp³-hybridized carbons (Fsp3) is 0.600. The van der Waals surface area contributed by atoms with Crippen molar-refractivity contribution in [3.05, 3.63) is 35.4 Å². The van der Waals surface area contributed by atoms with Crippen molar-refractivity contribution in [3.63, 3.8) is 0 Å².